The zero-order chi connectivity index (χ0) is 16.8. The number of nitrogens with zero attached hydrogens (tertiary/aromatic N) is 3. The molecule has 2 aromatic carbocycles. The summed E-state index contributed by atoms with van der Waals surface area (Å²) in [5.41, 5.74) is 3.80. The average molecular weight is 323 g/mol. The minimum Gasteiger partial charge on any atom is -0.497 e. The van der Waals surface area contributed by atoms with Gasteiger partial charge in [-0.1, -0.05) is 29.8 Å². The molecule has 1 heterocycles. The van der Waals surface area contributed by atoms with Gasteiger partial charge in [-0.3, -0.25) is 9.91 Å². The number of ether oxygens (including phenoxy) is 1. The van der Waals surface area contributed by atoms with Crippen molar-refractivity contribution in [2.75, 3.05) is 33.3 Å². The van der Waals surface area contributed by atoms with Gasteiger partial charge in [0.25, 0.3) is 0 Å². The minimum absolute atomic E-state index is 0.872. The van der Waals surface area contributed by atoms with E-state index >= 15 is 0 Å². The second-order valence-corrected chi connectivity index (χ2v) is 6.23. The molecule has 0 amide bonds. The highest BCUT2D eigenvalue weighted by Crippen LogP contribution is 2.12. The van der Waals surface area contributed by atoms with Crippen molar-refractivity contribution in [3.63, 3.8) is 0 Å². The third-order valence-corrected chi connectivity index (χ3v) is 4.36. The molecular formula is C20H25N3O. The van der Waals surface area contributed by atoms with Gasteiger partial charge in [-0.05, 0) is 42.3 Å². The summed E-state index contributed by atoms with van der Waals surface area (Å²) in [5.74, 6) is 0.872. The van der Waals surface area contributed by atoms with Crippen LogP contribution in [0.5, 0.6) is 5.75 Å². The zero-order valence-corrected chi connectivity index (χ0v) is 14.5. The number of benzene rings is 2. The molecule has 0 unspecified atom stereocenters. The third kappa shape index (κ3) is 4.59. The standard InChI is InChI=1S/C20H25N3O/c1-17-3-5-19(6-4-17)16-22-11-13-23(14-12-22)21-15-18-7-9-20(24-2)10-8-18/h3-10,15H,11-14,16H2,1-2H3/b21-15-. The van der Waals surface area contributed by atoms with Crippen molar-refractivity contribution in [1.29, 1.82) is 0 Å². The summed E-state index contributed by atoms with van der Waals surface area (Å²) < 4.78 is 5.17. The van der Waals surface area contributed by atoms with Crippen LogP contribution in [0.2, 0.25) is 0 Å². The van der Waals surface area contributed by atoms with Gasteiger partial charge in [0.2, 0.25) is 0 Å². The molecule has 0 aromatic heterocycles. The van der Waals surface area contributed by atoms with Crippen molar-refractivity contribution >= 4 is 6.21 Å². The van der Waals surface area contributed by atoms with Crippen LogP contribution >= 0.6 is 0 Å². The first kappa shape index (κ1) is 16.5. The van der Waals surface area contributed by atoms with Crippen LogP contribution in [-0.2, 0) is 6.54 Å². The van der Waals surface area contributed by atoms with Crippen molar-refractivity contribution in [3.05, 3.63) is 65.2 Å². The van der Waals surface area contributed by atoms with Crippen LogP contribution in [0.25, 0.3) is 0 Å². The van der Waals surface area contributed by atoms with Gasteiger partial charge in [0.1, 0.15) is 5.75 Å². The highest BCUT2D eigenvalue weighted by molar-refractivity contribution is 5.79. The van der Waals surface area contributed by atoms with Gasteiger partial charge in [0.05, 0.1) is 13.3 Å². The molecule has 1 aliphatic heterocycles. The first-order valence-electron chi connectivity index (χ1n) is 8.44. The summed E-state index contributed by atoms with van der Waals surface area (Å²) in [5, 5.41) is 6.75. The molecule has 0 bridgehead atoms. The van der Waals surface area contributed by atoms with Crippen molar-refractivity contribution in [2.45, 2.75) is 13.5 Å². The summed E-state index contributed by atoms with van der Waals surface area (Å²) in [6.07, 6.45) is 1.93. The lowest BCUT2D eigenvalue weighted by molar-refractivity contribution is 0.131. The van der Waals surface area contributed by atoms with Crippen molar-refractivity contribution < 1.29 is 4.74 Å². The Balaban J connectivity index is 1.47. The van der Waals surface area contributed by atoms with Gasteiger partial charge < -0.3 is 4.74 Å². The van der Waals surface area contributed by atoms with Crippen molar-refractivity contribution in [2.24, 2.45) is 5.10 Å². The van der Waals surface area contributed by atoms with Gasteiger partial charge in [0.15, 0.2) is 0 Å². The Bertz CT molecular complexity index is 656. The maximum atomic E-state index is 5.17. The molecule has 0 atom stereocenters. The van der Waals surface area contributed by atoms with Crippen molar-refractivity contribution in [1.82, 2.24) is 9.91 Å². The van der Waals surface area contributed by atoms with Gasteiger partial charge in [0, 0.05) is 32.7 Å². The predicted octanol–water partition coefficient (Wildman–Crippen LogP) is 3.16. The first-order chi connectivity index (χ1) is 11.7. The molecule has 126 valence electrons. The molecule has 4 heteroatoms. The topological polar surface area (TPSA) is 28.1 Å². The fraction of sp³-hybridized carbons (Fsp3) is 0.350. The van der Waals surface area contributed by atoms with E-state index in [1.165, 1.54) is 11.1 Å². The number of aryl methyl sites for hydroxylation is 1. The summed E-state index contributed by atoms with van der Waals surface area (Å²) in [4.78, 5) is 2.49. The van der Waals surface area contributed by atoms with Crippen LogP contribution in [0, 0.1) is 6.92 Å². The van der Waals surface area contributed by atoms with E-state index in [-0.39, 0.29) is 0 Å². The summed E-state index contributed by atoms with van der Waals surface area (Å²) in [6.45, 7) is 7.19. The number of rotatable bonds is 5. The number of hydrogen-bond donors (Lipinski definition) is 0. The molecule has 0 saturated carbocycles. The van der Waals surface area contributed by atoms with E-state index in [0.717, 1.165) is 44.0 Å². The molecule has 1 saturated heterocycles. The SMILES string of the molecule is COc1ccc(/C=N\N2CCN(Cc3ccc(C)cc3)CC2)cc1. The molecular weight excluding hydrogens is 298 g/mol. The maximum Gasteiger partial charge on any atom is 0.118 e. The lowest BCUT2D eigenvalue weighted by Crippen LogP contribution is -2.43. The largest absolute Gasteiger partial charge is 0.497 e. The summed E-state index contributed by atoms with van der Waals surface area (Å²) in [7, 11) is 1.68. The fourth-order valence-corrected chi connectivity index (χ4v) is 2.80. The second kappa shape index (κ2) is 7.97. The smallest absolute Gasteiger partial charge is 0.118 e. The third-order valence-electron chi connectivity index (χ3n) is 4.36. The quantitative estimate of drug-likeness (QED) is 0.791. The van der Waals surface area contributed by atoms with Gasteiger partial charge in [-0.15, -0.1) is 0 Å². The Kier molecular flexibility index (Phi) is 5.49. The molecule has 1 fully saturated rings. The Hall–Kier alpha value is -2.33. The molecule has 24 heavy (non-hydrogen) atoms. The van der Waals surface area contributed by atoms with E-state index in [4.69, 9.17) is 4.74 Å². The predicted molar refractivity (Wildman–Crippen MR) is 98.6 cm³/mol. The highest BCUT2D eigenvalue weighted by atomic mass is 16.5. The Morgan fingerprint density at radius 2 is 1.62 bits per heavy atom. The Morgan fingerprint density at radius 3 is 2.25 bits per heavy atom. The molecule has 0 radical (unpaired) electrons. The van der Waals surface area contributed by atoms with Gasteiger partial charge >= 0.3 is 0 Å². The molecule has 1 aliphatic rings. The molecule has 0 spiro atoms. The molecule has 0 N–H and O–H groups in total. The zero-order valence-electron chi connectivity index (χ0n) is 14.5. The van der Waals surface area contributed by atoms with Crippen LogP contribution in [-0.4, -0.2) is 49.4 Å². The molecule has 4 nitrogen and oxygen atoms in total. The number of piperazine rings is 1. The van der Waals surface area contributed by atoms with E-state index in [1.807, 2.05) is 30.5 Å². The van der Waals surface area contributed by atoms with E-state index in [0.29, 0.717) is 0 Å². The summed E-state index contributed by atoms with van der Waals surface area (Å²) >= 11 is 0. The fourth-order valence-electron chi connectivity index (χ4n) is 2.80. The van der Waals surface area contributed by atoms with Crippen LogP contribution in [0.15, 0.2) is 53.6 Å². The number of hydrazone groups is 1. The first-order valence-corrected chi connectivity index (χ1v) is 8.44. The minimum atomic E-state index is 0.872. The Morgan fingerprint density at radius 1 is 0.958 bits per heavy atom. The monoisotopic (exact) mass is 323 g/mol. The van der Waals surface area contributed by atoms with Crippen LogP contribution < -0.4 is 4.74 Å². The van der Waals surface area contributed by atoms with Crippen molar-refractivity contribution in [3.8, 4) is 5.75 Å². The van der Waals surface area contributed by atoms with E-state index in [2.05, 4.69) is 46.2 Å². The van der Waals surface area contributed by atoms with Crippen LogP contribution in [0.1, 0.15) is 16.7 Å². The van der Waals surface area contributed by atoms with Crippen LogP contribution in [0.3, 0.4) is 0 Å². The van der Waals surface area contributed by atoms with E-state index in [1.54, 1.807) is 7.11 Å². The highest BCUT2D eigenvalue weighted by Gasteiger charge is 2.15. The maximum absolute atomic E-state index is 5.17. The molecule has 3 rings (SSSR count). The van der Waals surface area contributed by atoms with Crippen LogP contribution in [0.4, 0.5) is 0 Å². The average Bonchev–Trinajstić information content (AvgIpc) is 2.63. The molecule has 0 aliphatic carbocycles. The number of hydrogen-bond acceptors (Lipinski definition) is 4. The Labute approximate surface area is 144 Å². The summed E-state index contributed by atoms with van der Waals surface area (Å²) in [6, 6.07) is 16.8. The second-order valence-electron chi connectivity index (χ2n) is 6.23. The van der Waals surface area contributed by atoms with E-state index < -0.39 is 0 Å². The lowest BCUT2D eigenvalue weighted by atomic mass is 10.1. The molecule has 2 aromatic rings. The van der Waals surface area contributed by atoms with Gasteiger partial charge in [-0.2, -0.15) is 5.10 Å². The normalized spacial score (nSPS) is 15.8. The lowest BCUT2D eigenvalue weighted by Gasteiger charge is -2.33. The van der Waals surface area contributed by atoms with E-state index in [9.17, 15) is 0 Å². The number of methoxy groups -OCH3 is 1. The van der Waals surface area contributed by atoms with Gasteiger partial charge in [-0.25, -0.2) is 0 Å².